The third-order valence-electron chi connectivity index (χ3n) is 4.92. The Morgan fingerprint density at radius 1 is 0.929 bits per heavy atom. The lowest BCUT2D eigenvalue weighted by Crippen LogP contribution is -2.42. The Balaban J connectivity index is 1.79. The highest BCUT2D eigenvalue weighted by molar-refractivity contribution is 5.97. The van der Waals surface area contributed by atoms with Gasteiger partial charge in [-0.15, -0.1) is 0 Å². The molecule has 144 valence electrons. The SMILES string of the molecule is CC(C)(C)c1ccc(C(=O)N[C@@H](Cc2cccc3ccccc23)C(=O)O)cc1. The lowest BCUT2D eigenvalue weighted by atomic mass is 9.86. The number of hydrogen-bond acceptors (Lipinski definition) is 2. The summed E-state index contributed by atoms with van der Waals surface area (Å²) in [5.74, 6) is -1.43. The van der Waals surface area contributed by atoms with Crippen LogP contribution in [0.4, 0.5) is 0 Å². The van der Waals surface area contributed by atoms with Crippen molar-refractivity contribution in [3.63, 3.8) is 0 Å². The van der Waals surface area contributed by atoms with Crippen LogP contribution in [-0.2, 0) is 16.6 Å². The summed E-state index contributed by atoms with van der Waals surface area (Å²) in [5, 5.41) is 14.4. The Morgan fingerprint density at radius 3 is 2.21 bits per heavy atom. The molecule has 0 spiro atoms. The Labute approximate surface area is 165 Å². The smallest absolute Gasteiger partial charge is 0.326 e. The molecule has 0 fully saturated rings. The number of benzene rings is 3. The molecular formula is C24H25NO3. The van der Waals surface area contributed by atoms with Crippen molar-refractivity contribution >= 4 is 22.6 Å². The van der Waals surface area contributed by atoms with Crippen LogP contribution in [0.5, 0.6) is 0 Å². The highest BCUT2D eigenvalue weighted by Crippen LogP contribution is 2.23. The van der Waals surface area contributed by atoms with E-state index in [4.69, 9.17) is 0 Å². The third-order valence-corrected chi connectivity index (χ3v) is 4.92. The minimum Gasteiger partial charge on any atom is -0.480 e. The van der Waals surface area contributed by atoms with Crippen molar-refractivity contribution in [3.05, 3.63) is 83.4 Å². The molecule has 0 aliphatic carbocycles. The summed E-state index contributed by atoms with van der Waals surface area (Å²) >= 11 is 0. The summed E-state index contributed by atoms with van der Waals surface area (Å²) in [6, 6.07) is 19.9. The first-order valence-electron chi connectivity index (χ1n) is 9.36. The van der Waals surface area contributed by atoms with Crippen LogP contribution in [-0.4, -0.2) is 23.0 Å². The molecule has 0 unspecified atom stereocenters. The molecule has 3 aromatic rings. The molecule has 3 aromatic carbocycles. The average Bonchev–Trinajstić information content (AvgIpc) is 2.67. The largest absolute Gasteiger partial charge is 0.480 e. The van der Waals surface area contributed by atoms with Crippen LogP contribution in [0.1, 0.15) is 42.3 Å². The number of fused-ring (bicyclic) bond motifs is 1. The number of amides is 1. The molecule has 0 radical (unpaired) electrons. The second kappa shape index (κ2) is 7.85. The van der Waals surface area contributed by atoms with Crippen LogP contribution in [0.3, 0.4) is 0 Å². The van der Waals surface area contributed by atoms with Crippen LogP contribution in [0.2, 0.25) is 0 Å². The van der Waals surface area contributed by atoms with Gasteiger partial charge in [0.1, 0.15) is 6.04 Å². The number of carbonyl (C=O) groups is 2. The van der Waals surface area contributed by atoms with Gasteiger partial charge >= 0.3 is 5.97 Å². The standard InChI is InChI=1S/C24H25NO3/c1-24(2,3)19-13-11-17(12-14-19)22(26)25-21(23(27)28)15-18-9-6-8-16-7-4-5-10-20(16)18/h4-14,21H,15H2,1-3H3,(H,25,26)(H,27,28)/t21-/m0/s1. The predicted molar refractivity (Wildman–Crippen MR) is 112 cm³/mol. The van der Waals surface area contributed by atoms with Gasteiger partial charge in [0.05, 0.1) is 0 Å². The van der Waals surface area contributed by atoms with Gasteiger partial charge in [0, 0.05) is 12.0 Å². The molecule has 0 aromatic heterocycles. The molecule has 0 aliphatic rings. The maximum atomic E-state index is 12.6. The van der Waals surface area contributed by atoms with E-state index >= 15 is 0 Å². The van der Waals surface area contributed by atoms with Gasteiger partial charge in [-0.25, -0.2) is 4.79 Å². The van der Waals surface area contributed by atoms with Crippen LogP contribution in [0.25, 0.3) is 10.8 Å². The first-order chi connectivity index (χ1) is 13.3. The van der Waals surface area contributed by atoms with E-state index < -0.39 is 12.0 Å². The first-order valence-corrected chi connectivity index (χ1v) is 9.36. The molecule has 0 heterocycles. The van der Waals surface area contributed by atoms with Crippen molar-refractivity contribution in [3.8, 4) is 0 Å². The Morgan fingerprint density at radius 2 is 1.57 bits per heavy atom. The molecule has 0 saturated carbocycles. The van der Waals surface area contributed by atoms with Crippen molar-refractivity contribution < 1.29 is 14.7 Å². The number of carboxylic acids is 1. The summed E-state index contributed by atoms with van der Waals surface area (Å²) in [6.45, 7) is 6.31. The van der Waals surface area contributed by atoms with Crippen LogP contribution >= 0.6 is 0 Å². The van der Waals surface area contributed by atoms with Gasteiger partial charge in [-0.05, 0) is 39.4 Å². The van der Waals surface area contributed by atoms with E-state index in [2.05, 4.69) is 26.1 Å². The van der Waals surface area contributed by atoms with E-state index in [-0.39, 0.29) is 17.7 Å². The molecule has 28 heavy (non-hydrogen) atoms. The molecule has 4 nitrogen and oxygen atoms in total. The van der Waals surface area contributed by atoms with Crippen molar-refractivity contribution in [2.75, 3.05) is 0 Å². The van der Waals surface area contributed by atoms with E-state index in [1.54, 1.807) is 12.1 Å². The lowest BCUT2D eigenvalue weighted by Gasteiger charge is -2.19. The number of carboxylic acid groups (broad SMARTS) is 1. The van der Waals surface area contributed by atoms with Crippen LogP contribution in [0.15, 0.2) is 66.7 Å². The number of hydrogen-bond donors (Lipinski definition) is 2. The minimum absolute atomic E-state index is 0.00697. The number of nitrogens with one attached hydrogen (secondary N) is 1. The zero-order valence-electron chi connectivity index (χ0n) is 16.4. The second-order valence-corrected chi connectivity index (χ2v) is 8.03. The molecule has 0 saturated heterocycles. The van der Waals surface area contributed by atoms with Crippen molar-refractivity contribution in [2.24, 2.45) is 0 Å². The highest BCUT2D eigenvalue weighted by Gasteiger charge is 2.22. The third kappa shape index (κ3) is 4.39. The molecule has 0 bridgehead atoms. The van der Waals surface area contributed by atoms with E-state index in [1.807, 2.05) is 54.6 Å². The summed E-state index contributed by atoms with van der Waals surface area (Å²) in [7, 11) is 0. The Kier molecular flexibility index (Phi) is 5.50. The molecular weight excluding hydrogens is 350 g/mol. The minimum atomic E-state index is -1.05. The first kappa shape index (κ1) is 19.6. The normalized spacial score (nSPS) is 12.5. The van der Waals surface area contributed by atoms with Crippen molar-refractivity contribution in [2.45, 2.75) is 38.6 Å². The number of rotatable bonds is 5. The molecule has 3 rings (SSSR count). The van der Waals surface area contributed by atoms with E-state index in [9.17, 15) is 14.7 Å². The molecule has 1 amide bonds. The van der Waals surface area contributed by atoms with Crippen molar-refractivity contribution in [1.29, 1.82) is 0 Å². The number of carbonyl (C=O) groups excluding carboxylic acids is 1. The Hall–Kier alpha value is -3.14. The maximum Gasteiger partial charge on any atom is 0.326 e. The zero-order valence-corrected chi connectivity index (χ0v) is 16.4. The van der Waals surface area contributed by atoms with Gasteiger partial charge in [-0.2, -0.15) is 0 Å². The maximum absolute atomic E-state index is 12.6. The van der Waals surface area contributed by atoms with Gasteiger partial charge in [-0.1, -0.05) is 75.4 Å². The monoisotopic (exact) mass is 375 g/mol. The fourth-order valence-corrected chi connectivity index (χ4v) is 3.25. The zero-order chi connectivity index (χ0) is 20.3. The highest BCUT2D eigenvalue weighted by atomic mass is 16.4. The summed E-state index contributed by atoms with van der Waals surface area (Å²) in [4.78, 5) is 24.4. The number of aliphatic carboxylic acids is 1. The summed E-state index contributed by atoms with van der Waals surface area (Å²) in [6.07, 6.45) is 0.225. The summed E-state index contributed by atoms with van der Waals surface area (Å²) < 4.78 is 0. The van der Waals surface area contributed by atoms with Gasteiger partial charge in [-0.3, -0.25) is 4.79 Å². The van der Waals surface area contributed by atoms with Crippen LogP contribution < -0.4 is 5.32 Å². The van der Waals surface area contributed by atoms with Gasteiger partial charge in [0.2, 0.25) is 0 Å². The average molecular weight is 375 g/mol. The van der Waals surface area contributed by atoms with E-state index in [0.717, 1.165) is 21.9 Å². The lowest BCUT2D eigenvalue weighted by molar-refractivity contribution is -0.139. The fourth-order valence-electron chi connectivity index (χ4n) is 3.25. The summed E-state index contributed by atoms with van der Waals surface area (Å²) in [5.41, 5.74) is 2.47. The van der Waals surface area contributed by atoms with Gasteiger partial charge in [0.15, 0.2) is 0 Å². The Bertz CT molecular complexity index is 995. The van der Waals surface area contributed by atoms with Gasteiger partial charge < -0.3 is 10.4 Å². The molecule has 2 N–H and O–H groups in total. The molecule has 0 aliphatic heterocycles. The second-order valence-electron chi connectivity index (χ2n) is 8.03. The van der Waals surface area contributed by atoms with E-state index in [0.29, 0.717) is 5.56 Å². The van der Waals surface area contributed by atoms with E-state index in [1.165, 1.54) is 0 Å². The van der Waals surface area contributed by atoms with Crippen LogP contribution in [0, 0.1) is 0 Å². The topological polar surface area (TPSA) is 66.4 Å². The van der Waals surface area contributed by atoms with Gasteiger partial charge in [0.25, 0.3) is 5.91 Å². The van der Waals surface area contributed by atoms with Crippen molar-refractivity contribution in [1.82, 2.24) is 5.32 Å². The molecule has 4 heteroatoms. The quantitative estimate of drug-likeness (QED) is 0.687. The molecule has 1 atom stereocenters. The predicted octanol–water partition coefficient (Wildman–Crippen LogP) is 4.56. The fraction of sp³-hybridized carbons (Fsp3) is 0.250.